The van der Waals surface area contributed by atoms with Crippen LogP contribution in [0.25, 0.3) is 6.08 Å². The number of hydrogen-bond acceptors (Lipinski definition) is 5. The number of carbonyl (C=O) groups excluding carboxylic acids is 2. The molecule has 0 aromatic heterocycles. The summed E-state index contributed by atoms with van der Waals surface area (Å²) < 4.78 is 11.3. The summed E-state index contributed by atoms with van der Waals surface area (Å²) in [5.41, 5.74) is 3.20. The van der Waals surface area contributed by atoms with Crippen molar-refractivity contribution in [3.8, 4) is 11.5 Å². The van der Waals surface area contributed by atoms with Gasteiger partial charge in [0.25, 0.3) is 11.1 Å². The minimum Gasteiger partial charge on any atom is -0.493 e. The first-order valence-electron chi connectivity index (χ1n) is 9.85. The van der Waals surface area contributed by atoms with Gasteiger partial charge in [0.2, 0.25) is 0 Å². The summed E-state index contributed by atoms with van der Waals surface area (Å²) in [6, 6.07) is 20.1. The van der Waals surface area contributed by atoms with Crippen LogP contribution < -0.4 is 14.4 Å². The zero-order chi connectivity index (χ0) is 22.7. The third-order valence-corrected chi connectivity index (χ3v) is 6.15. The van der Waals surface area contributed by atoms with Gasteiger partial charge in [-0.15, -0.1) is 0 Å². The Hall–Kier alpha value is -3.22. The first-order valence-corrected chi connectivity index (χ1v) is 11.0. The Labute approximate surface area is 195 Å². The first-order chi connectivity index (χ1) is 15.5. The average molecular weight is 466 g/mol. The molecule has 0 unspecified atom stereocenters. The van der Waals surface area contributed by atoms with Crippen LogP contribution in [0.4, 0.5) is 10.5 Å². The maximum atomic E-state index is 12.9. The van der Waals surface area contributed by atoms with Crippen molar-refractivity contribution >= 4 is 46.3 Å². The monoisotopic (exact) mass is 465 g/mol. The highest BCUT2D eigenvalue weighted by Crippen LogP contribution is 2.37. The highest BCUT2D eigenvalue weighted by molar-refractivity contribution is 8.19. The molecule has 0 bridgehead atoms. The fourth-order valence-corrected chi connectivity index (χ4v) is 4.23. The second kappa shape index (κ2) is 9.51. The van der Waals surface area contributed by atoms with E-state index in [2.05, 4.69) is 0 Å². The average Bonchev–Trinajstić information content (AvgIpc) is 3.07. The minimum absolute atomic E-state index is 0.296. The van der Waals surface area contributed by atoms with Crippen molar-refractivity contribution in [3.63, 3.8) is 0 Å². The first kappa shape index (κ1) is 22.0. The molecule has 5 nitrogen and oxygen atoms in total. The molecule has 0 aliphatic carbocycles. The van der Waals surface area contributed by atoms with Crippen LogP contribution in [0.2, 0.25) is 5.02 Å². The number of nitrogens with zero attached hydrogens (tertiary/aromatic N) is 1. The number of halogens is 1. The largest absolute Gasteiger partial charge is 0.493 e. The number of rotatable bonds is 6. The summed E-state index contributed by atoms with van der Waals surface area (Å²) in [5.74, 6) is 0.725. The van der Waals surface area contributed by atoms with Crippen molar-refractivity contribution in [1.29, 1.82) is 0 Å². The molecule has 4 rings (SSSR count). The maximum Gasteiger partial charge on any atom is 0.298 e. The Morgan fingerprint density at radius 2 is 1.75 bits per heavy atom. The second-order valence-electron chi connectivity index (χ2n) is 7.14. The fraction of sp³-hybridized carbons (Fsp3) is 0.120. The molecule has 1 aliphatic rings. The lowest BCUT2D eigenvalue weighted by Gasteiger charge is -2.13. The molecule has 2 amide bonds. The lowest BCUT2D eigenvalue weighted by molar-refractivity contribution is -0.113. The van der Waals surface area contributed by atoms with E-state index >= 15 is 0 Å². The quantitative estimate of drug-likeness (QED) is 0.390. The van der Waals surface area contributed by atoms with Gasteiger partial charge in [0, 0.05) is 10.6 Å². The van der Waals surface area contributed by atoms with E-state index in [-0.39, 0.29) is 11.1 Å². The number of benzene rings is 3. The summed E-state index contributed by atoms with van der Waals surface area (Å²) in [5, 5.41) is 0.309. The lowest BCUT2D eigenvalue weighted by atomic mass is 10.1. The molecule has 0 atom stereocenters. The Morgan fingerprint density at radius 3 is 2.47 bits per heavy atom. The number of aryl methyl sites for hydroxylation is 1. The zero-order valence-electron chi connectivity index (χ0n) is 17.5. The van der Waals surface area contributed by atoms with Crippen molar-refractivity contribution in [2.75, 3.05) is 12.0 Å². The number of ether oxygens (including phenoxy) is 2. The minimum atomic E-state index is -0.345. The Balaban J connectivity index is 1.53. The van der Waals surface area contributed by atoms with Gasteiger partial charge in [0.15, 0.2) is 11.5 Å². The van der Waals surface area contributed by atoms with Gasteiger partial charge in [-0.05, 0) is 60.7 Å². The maximum absolute atomic E-state index is 12.9. The topological polar surface area (TPSA) is 55.8 Å². The molecule has 162 valence electrons. The third-order valence-electron chi connectivity index (χ3n) is 4.91. The zero-order valence-corrected chi connectivity index (χ0v) is 19.1. The van der Waals surface area contributed by atoms with Gasteiger partial charge < -0.3 is 9.47 Å². The van der Waals surface area contributed by atoms with Gasteiger partial charge in [-0.25, -0.2) is 4.90 Å². The van der Waals surface area contributed by atoms with Crippen molar-refractivity contribution in [2.24, 2.45) is 0 Å². The molecule has 1 fully saturated rings. The number of carbonyl (C=O) groups is 2. The molecule has 32 heavy (non-hydrogen) atoms. The molecule has 0 N–H and O–H groups in total. The van der Waals surface area contributed by atoms with Gasteiger partial charge in [-0.1, -0.05) is 53.6 Å². The Morgan fingerprint density at radius 1 is 1.00 bits per heavy atom. The van der Waals surface area contributed by atoms with Crippen molar-refractivity contribution < 1.29 is 19.1 Å². The van der Waals surface area contributed by atoms with Crippen LogP contribution in [0.1, 0.15) is 16.7 Å². The van der Waals surface area contributed by atoms with Gasteiger partial charge in [0.1, 0.15) is 6.61 Å². The molecule has 1 heterocycles. The summed E-state index contributed by atoms with van der Waals surface area (Å²) in [6.45, 7) is 2.25. The van der Waals surface area contributed by atoms with Crippen molar-refractivity contribution in [2.45, 2.75) is 13.5 Å². The van der Waals surface area contributed by atoms with Crippen LogP contribution in [-0.2, 0) is 11.4 Å². The molecule has 0 saturated carbocycles. The SMILES string of the molecule is COc1cc(/C=C2\SC(=O)N(c3ccc(C)cc3)C2=O)ccc1OCc1ccccc1Cl. The van der Waals surface area contributed by atoms with Crippen LogP contribution in [0.5, 0.6) is 11.5 Å². The molecule has 0 spiro atoms. The normalized spacial score (nSPS) is 14.8. The Bertz CT molecular complexity index is 1210. The highest BCUT2D eigenvalue weighted by Gasteiger charge is 2.36. The molecule has 1 aliphatic heterocycles. The molecular formula is C25H20ClNO4S. The molecule has 3 aromatic carbocycles. The van der Waals surface area contributed by atoms with E-state index in [1.807, 2.05) is 49.4 Å². The van der Waals surface area contributed by atoms with E-state index in [4.69, 9.17) is 21.1 Å². The number of thioether (sulfide) groups is 1. The number of hydrogen-bond donors (Lipinski definition) is 0. The van der Waals surface area contributed by atoms with Crippen LogP contribution in [0, 0.1) is 6.92 Å². The van der Waals surface area contributed by atoms with Gasteiger partial charge in [-0.3, -0.25) is 9.59 Å². The van der Waals surface area contributed by atoms with E-state index in [1.54, 1.807) is 37.5 Å². The van der Waals surface area contributed by atoms with E-state index in [1.165, 1.54) is 4.90 Å². The number of anilines is 1. The smallest absolute Gasteiger partial charge is 0.298 e. The summed E-state index contributed by atoms with van der Waals surface area (Å²) in [7, 11) is 1.55. The van der Waals surface area contributed by atoms with E-state index < -0.39 is 0 Å². The third kappa shape index (κ3) is 4.66. The molecule has 1 saturated heterocycles. The standard InChI is InChI=1S/C25H20ClNO4S/c1-16-7-10-19(11-8-16)27-24(28)23(32-25(27)29)14-17-9-12-21(22(13-17)30-2)31-15-18-5-3-4-6-20(18)26/h3-14H,15H2,1-2H3/b23-14-. The fourth-order valence-electron chi connectivity index (χ4n) is 3.20. The number of amides is 2. The van der Waals surface area contributed by atoms with Crippen LogP contribution in [0.15, 0.2) is 71.6 Å². The van der Waals surface area contributed by atoms with Crippen molar-refractivity contribution in [1.82, 2.24) is 0 Å². The van der Waals surface area contributed by atoms with Crippen LogP contribution in [0.3, 0.4) is 0 Å². The Kier molecular flexibility index (Phi) is 6.53. The van der Waals surface area contributed by atoms with Crippen molar-refractivity contribution in [3.05, 3.63) is 93.3 Å². The molecule has 0 radical (unpaired) electrons. The predicted octanol–water partition coefficient (Wildman–Crippen LogP) is 6.48. The predicted molar refractivity (Wildman–Crippen MR) is 128 cm³/mol. The molecule has 3 aromatic rings. The lowest BCUT2D eigenvalue weighted by Crippen LogP contribution is -2.27. The molecular weight excluding hydrogens is 446 g/mol. The van der Waals surface area contributed by atoms with Gasteiger partial charge >= 0.3 is 0 Å². The second-order valence-corrected chi connectivity index (χ2v) is 8.54. The van der Waals surface area contributed by atoms with E-state index in [9.17, 15) is 9.59 Å². The number of imide groups is 1. The van der Waals surface area contributed by atoms with Gasteiger partial charge in [-0.2, -0.15) is 0 Å². The molecule has 7 heteroatoms. The highest BCUT2D eigenvalue weighted by atomic mass is 35.5. The summed E-state index contributed by atoms with van der Waals surface area (Å²) >= 11 is 7.10. The van der Waals surface area contributed by atoms with Crippen LogP contribution >= 0.6 is 23.4 Å². The van der Waals surface area contributed by atoms with E-state index in [0.717, 1.165) is 28.5 Å². The van der Waals surface area contributed by atoms with E-state index in [0.29, 0.717) is 33.7 Å². The van der Waals surface area contributed by atoms with Crippen LogP contribution in [-0.4, -0.2) is 18.3 Å². The van der Waals surface area contributed by atoms with Gasteiger partial charge in [0.05, 0.1) is 17.7 Å². The summed E-state index contributed by atoms with van der Waals surface area (Å²) in [6.07, 6.45) is 1.68. The number of methoxy groups -OCH3 is 1. The summed E-state index contributed by atoms with van der Waals surface area (Å²) in [4.78, 5) is 26.9.